The summed E-state index contributed by atoms with van der Waals surface area (Å²) in [5, 5.41) is 0. The number of hydrogen-bond donors (Lipinski definition) is 1. The van der Waals surface area contributed by atoms with Crippen LogP contribution in [0.3, 0.4) is 0 Å². The van der Waals surface area contributed by atoms with Crippen LogP contribution in [-0.2, 0) is 11.3 Å². The maximum absolute atomic E-state index is 5.54. The van der Waals surface area contributed by atoms with Crippen LogP contribution in [0.2, 0.25) is 0 Å². The first kappa shape index (κ1) is 14.2. The molecule has 2 rings (SSSR count). The van der Waals surface area contributed by atoms with Gasteiger partial charge in [-0.25, -0.2) is 4.98 Å². The van der Waals surface area contributed by atoms with Crippen LogP contribution < -0.4 is 0 Å². The molecule has 0 saturated heterocycles. The Morgan fingerprint density at radius 1 is 1.37 bits per heavy atom. The molecule has 2 heterocycles. The van der Waals surface area contributed by atoms with E-state index >= 15 is 0 Å². The first-order chi connectivity index (χ1) is 9.08. The lowest BCUT2D eigenvalue weighted by atomic mass is 10.3. The smallest absolute Gasteiger partial charge is 0.179 e. The molecule has 0 radical (unpaired) electrons. The third-order valence-electron chi connectivity index (χ3n) is 2.98. The second-order valence-corrected chi connectivity index (χ2v) is 5.42. The van der Waals surface area contributed by atoms with E-state index in [1.807, 2.05) is 19.1 Å². The fraction of sp³-hybridized carbons (Fsp3) is 0.571. The Kier molecular flexibility index (Phi) is 4.71. The van der Waals surface area contributed by atoms with Crippen molar-refractivity contribution in [3.05, 3.63) is 22.6 Å². The Bertz CT molecular complexity index is 600. The van der Waals surface area contributed by atoms with Gasteiger partial charge in [-0.05, 0) is 58.0 Å². The van der Waals surface area contributed by atoms with Crippen LogP contribution >= 0.6 is 12.2 Å². The largest absolute Gasteiger partial charge is 0.379 e. The van der Waals surface area contributed by atoms with Crippen molar-refractivity contribution in [3.63, 3.8) is 0 Å². The summed E-state index contributed by atoms with van der Waals surface area (Å²) in [6.45, 7) is 7.80. The number of aryl methyl sites for hydroxylation is 2. The number of fused-ring (bicyclic) bond motifs is 1. The minimum atomic E-state index is 0.305. The Morgan fingerprint density at radius 3 is 2.89 bits per heavy atom. The van der Waals surface area contributed by atoms with Gasteiger partial charge in [-0.1, -0.05) is 0 Å². The maximum atomic E-state index is 5.54. The van der Waals surface area contributed by atoms with Gasteiger partial charge in [0.15, 0.2) is 10.4 Å². The van der Waals surface area contributed by atoms with Crippen LogP contribution in [0.15, 0.2) is 12.1 Å². The van der Waals surface area contributed by atoms with E-state index in [2.05, 4.69) is 28.4 Å². The van der Waals surface area contributed by atoms with Gasteiger partial charge < -0.3 is 14.3 Å². The van der Waals surface area contributed by atoms with Gasteiger partial charge in [-0.3, -0.25) is 0 Å². The zero-order valence-electron chi connectivity index (χ0n) is 11.8. The van der Waals surface area contributed by atoms with E-state index in [-0.39, 0.29) is 0 Å². The van der Waals surface area contributed by atoms with E-state index in [1.54, 1.807) is 0 Å². The molecule has 5 heteroatoms. The average molecular weight is 279 g/mol. The Morgan fingerprint density at radius 2 is 2.16 bits per heavy atom. The molecular weight excluding hydrogens is 258 g/mol. The molecule has 4 nitrogen and oxygen atoms in total. The quantitative estimate of drug-likeness (QED) is 0.649. The van der Waals surface area contributed by atoms with Gasteiger partial charge in [-0.2, -0.15) is 0 Å². The summed E-state index contributed by atoms with van der Waals surface area (Å²) in [4.78, 5) is 7.75. The lowest BCUT2D eigenvalue weighted by Crippen LogP contribution is -2.06. The third-order valence-corrected chi connectivity index (χ3v) is 3.31. The summed E-state index contributed by atoms with van der Waals surface area (Å²) in [5.74, 6) is 0. The highest BCUT2D eigenvalue weighted by atomic mass is 32.1. The lowest BCUT2D eigenvalue weighted by Gasteiger charge is -2.07. The van der Waals surface area contributed by atoms with Crippen LogP contribution in [-0.4, -0.2) is 27.2 Å². The number of imidazole rings is 1. The minimum absolute atomic E-state index is 0.305. The fourth-order valence-electron chi connectivity index (χ4n) is 2.02. The number of nitrogens with one attached hydrogen (secondary N) is 1. The number of aromatic nitrogens is 3. The van der Waals surface area contributed by atoms with Crippen molar-refractivity contribution in [1.29, 1.82) is 0 Å². The summed E-state index contributed by atoms with van der Waals surface area (Å²) in [6, 6.07) is 4.03. The van der Waals surface area contributed by atoms with Crippen LogP contribution in [0.1, 0.15) is 32.4 Å². The van der Waals surface area contributed by atoms with Crippen molar-refractivity contribution < 1.29 is 4.74 Å². The Balaban J connectivity index is 2.02. The molecule has 0 fully saturated rings. The number of rotatable bonds is 6. The van der Waals surface area contributed by atoms with Gasteiger partial charge in [0, 0.05) is 18.8 Å². The molecule has 0 unspecified atom stereocenters. The first-order valence-corrected chi connectivity index (χ1v) is 7.16. The SMILES string of the molecule is Cc1ccc2[nH]c(=S)n(CCCCOC(C)C)c2n1. The van der Waals surface area contributed by atoms with E-state index in [0.717, 1.165) is 47.6 Å². The summed E-state index contributed by atoms with van der Waals surface area (Å²) in [5.41, 5.74) is 2.97. The minimum Gasteiger partial charge on any atom is -0.379 e. The summed E-state index contributed by atoms with van der Waals surface area (Å²) in [6.07, 6.45) is 2.39. The second-order valence-electron chi connectivity index (χ2n) is 5.03. The summed E-state index contributed by atoms with van der Waals surface area (Å²) >= 11 is 5.35. The van der Waals surface area contributed by atoms with Crippen molar-refractivity contribution >= 4 is 23.4 Å². The van der Waals surface area contributed by atoms with E-state index in [0.29, 0.717) is 6.10 Å². The molecule has 0 aliphatic rings. The number of ether oxygens (including phenoxy) is 1. The molecule has 0 aliphatic carbocycles. The van der Waals surface area contributed by atoms with Crippen molar-refractivity contribution in [3.8, 4) is 0 Å². The molecule has 104 valence electrons. The average Bonchev–Trinajstić information content (AvgIpc) is 2.65. The van der Waals surface area contributed by atoms with E-state index in [9.17, 15) is 0 Å². The van der Waals surface area contributed by atoms with Crippen molar-refractivity contribution in [1.82, 2.24) is 14.5 Å². The van der Waals surface area contributed by atoms with Gasteiger partial charge in [-0.15, -0.1) is 0 Å². The summed E-state index contributed by atoms with van der Waals surface area (Å²) < 4.78 is 8.36. The number of unbranched alkanes of at least 4 members (excludes halogenated alkanes) is 1. The topological polar surface area (TPSA) is 42.8 Å². The molecular formula is C14H21N3OS. The van der Waals surface area contributed by atoms with E-state index < -0.39 is 0 Å². The fourth-order valence-corrected chi connectivity index (χ4v) is 2.31. The molecule has 0 aromatic carbocycles. The predicted octanol–water partition coefficient (Wildman–Crippen LogP) is 3.61. The van der Waals surface area contributed by atoms with Gasteiger partial charge in [0.25, 0.3) is 0 Å². The Labute approximate surface area is 118 Å². The van der Waals surface area contributed by atoms with Crippen molar-refractivity contribution in [2.24, 2.45) is 0 Å². The molecule has 19 heavy (non-hydrogen) atoms. The monoisotopic (exact) mass is 279 g/mol. The Hall–Kier alpha value is -1.20. The van der Waals surface area contributed by atoms with Crippen LogP contribution in [0.4, 0.5) is 0 Å². The zero-order chi connectivity index (χ0) is 13.8. The number of H-pyrrole nitrogens is 1. The zero-order valence-corrected chi connectivity index (χ0v) is 12.6. The molecule has 1 N–H and O–H groups in total. The number of aromatic amines is 1. The van der Waals surface area contributed by atoms with E-state index in [1.165, 1.54) is 0 Å². The molecule has 0 spiro atoms. The standard InChI is InChI=1S/C14H21N3OS/c1-10(2)18-9-5-4-8-17-13-12(16-14(17)19)7-6-11(3)15-13/h6-7,10H,4-5,8-9H2,1-3H3,(H,16,19). The maximum Gasteiger partial charge on any atom is 0.179 e. The molecule has 2 aromatic rings. The van der Waals surface area contributed by atoms with Crippen LogP contribution in [0.5, 0.6) is 0 Å². The molecule has 0 bridgehead atoms. The van der Waals surface area contributed by atoms with Crippen LogP contribution in [0, 0.1) is 11.7 Å². The number of nitrogens with zero attached hydrogens (tertiary/aromatic N) is 2. The normalized spacial score (nSPS) is 11.6. The van der Waals surface area contributed by atoms with E-state index in [4.69, 9.17) is 17.0 Å². The number of hydrogen-bond acceptors (Lipinski definition) is 3. The first-order valence-electron chi connectivity index (χ1n) is 6.75. The van der Waals surface area contributed by atoms with Gasteiger partial charge in [0.05, 0.1) is 11.6 Å². The van der Waals surface area contributed by atoms with Crippen molar-refractivity contribution in [2.45, 2.75) is 46.3 Å². The van der Waals surface area contributed by atoms with Crippen molar-refractivity contribution in [2.75, 3.05) is 6.61 Å². The van der Waals surface area contributed by atoms with Gasteiger partial charge >= 0.3 is 0 Å². The molecule has 0 saturated carbocycles. The van der Waals surface area contributed by atoms with Gasteiger partial charge in [0.2, 0.25) is 0 Å². The lowest BCUT2D eigenvalue weighted by molar-refractivity contribution is 0.0754. The van der Waals surface area contributed by atoms with Gasteiger partial charge in [0.1, 0.15) is 0 Å². The predicted molar refractivity (Wildman–Crippen MR) is 80.0 cm³/mol. The highest BCUT2D eigenvalue weighted by molar-refractivity contribution is 7.71. The molecule has 0 atom stereocenters. The number of pyridine rings is 1. The summed E-state index contributed by atoms with van der Waals surface area (Å²) in [7, 11) is 0. The highest BCUT2D eigenvalue weighted by Gasteiger charge is 2.05. The highest BCUT2D eigenvalue weighted by Crippen LogP contribution is 2.13. The second kappa shape index (κ2) is 6.30. The molecule has 2 aromatic heterocycles. The third kappa shape index (κ3) is 3.64. The molecule has 0 aliphatic heterocycles. The molecule has 0 amide bonds. The van der Waals surface area contributed by atoms with Crippen LogP contribution in [0.25, 0.3) is 11.2 Å².